The van der Waals surface area contributed by atoms with Gasteiger partial charge in [-0.1, -0.05) is 24.3 Å². The number of hydrogen-bond donors (Lipinski definition) is 2. The van der Waals surface area contributed by atoms with Crippen molar-refractivity contribution in [1.29, 1.82) is 0 Å². The number of carbonyl (C=O) groups is 1. The van der Waals surface area contributed by atoms with Gasteiger partial charge in [0.05, 0.1) is 5.69 Å². The van der Waals surface area contributed by atoms with Crippen molar-refractivity contribution in [3.05, 3.63) is 77.9 Å². The zero-order valence-electron chi connectivity index (χ0n) is 19.7. The average Bonchev–Trinajstić information content (AvgIpc) is 3.48. The predicted octanol–water partition coefficient (Wildman–Crippen LogP) is 4.42. The first-order valence-corrected chi connectivity index (χ1v) is 11.8. The summed E-state index contributed by atoms with van der Waals surface area (Å²) in [6, 6.07) is 18.3. The van der Waals surface area contributed by atoms with Crippen molar-refractivity contribution < 1.29 is 9.21 Å². The van der Waals surface area contributed by atoms with Gasteiger partial charge in [-0.3, -0.25) is 9.20 Å². The lowest BCUT2D eigenvalue weighted by molar-refractivity contribution is 0.0998. The van der Waals surface area contributed by atoms with E-state index in [1.54, 1.807) is 6.07 Å². The Morgan fingerprint density at radius 3 is 2.54 bits per heavy atom. The van der Waals surface area contributed by atoms with Crippen LogP contribution in [-0.2, 0) is 0 Å². The minimum absolute atomic E-state index is 0.268. The van der Waals surface area contributed by atoms with Gasteiger partial charge in [0.2, 0.25) is 0 Å². The molecule has 6 rings (SSSR count). The molecule has 0 aliphatic carbocycles. The van der Waals surface area contributed by atoms with Gasteiger partial charge in [0, 0.05) is 43.4 Å². The van der Waals surface area contributed by atoms with Crippen LogP contribution < -0.4 is 15.5 Å². The quantitative estimate of drug-likeness (QED) is 0.408. The second kappa shape index (κ2) is 8.56. The lowest BCUT2D eigenvalue weighted by atomic mass is 10.0. The summed E-state index contributed by atoms with van der Waals surface area (Å²) in [5.74, 6) is 0.730. The topological polar surface area (TPSA) is 87.7 Å². The zero-order valence-corrected chi connectivity index (χ0v) is 19.7. The monoisotopic (exact) mass is 466 g/mol. The number of nitrogens with zero attached hydrogens (tertiary/aromatic N) is 4. The molecular formula is C27H26N6O2. The van der Waals surface area contributed by atoms with Crippen molar-refractivity contribution in [3.8, 4) is 11.1 Å². The number of aromatic nitrogens is 3. The molecule has 0 saturated carbocycles. The van der Waals surface area contributed by atoms with Crippen LogP contribution in [0.1, 0.15) is 21.9 Å². The molecule has 35 heavy (non-hydrogen) atoms. The third-order valence-corrected chi connectivity index (χ3v) is 6.54. The van der Waals surface area contributed by atoms with E-state index in [0.29, 0.717) is 11.3 Å². The van der Waals surface area contributed by atoms with Crippen LogP contribution in [-0.4, -0.2) is 46.7 Å². The van der Waals surface area contributed by atoms with E-state index in [4.69, 9.17) is 4.42 Å². The molecule has 176 valence electrons. The minimum atomic E-state index is -0.299. The van der Waals surface area contributed by atoms with Gasteiger partial charge in [-0.25, -0.2) is 0 Å². The Hall–Kier alpha value is -4.17. The number of amides is 1. The summed E-state index contributed by atoms with van der Waals surface area (Å²) in [5.41, 5.74) is 6.45. The van der Waals surface area contributed by atoms with Gasteiger partial charge in [0.15, 0.2) is 11.4 Å². The molecule has 1 amide bonds. The SMILES string of the molecule is Cc1cc(NC(=O)c2cc3ccc(-c4ccc(N5CCNCC5)cc4)cc3o2)cn2c(C)nnc12. The molecule has 0 radical (unpaired) electrons. The van der Waals surface area contributed by atoms with E-state index in [0.717, 1.165) is 59.7 Å². The molecule has 0 unspecified atom stereocenters. The van der Waals surface area contributed by atoms with Crippen LogP contribution in [0.2, 0.25) is 0 Å². The molecule has 2 N–H and O–H groups in total. The maximum absolute atomic E-state index is 12.9. The largest absolute Gasteiger partial charge is 0.451 e. The number of pyridine rings is 1. The fourth-order valence-corrected chi connectivity index (χ4v) is 4.64. The van der Waals surface area contributed by atoms with Gasteiger partial charge < -0.3 is 20.0 Å². The number of aryl methyl sites for hydroxylation is 2. The molecule has 8 heteroatoms. The number of benzene rings is 2. The number of hydrogen-bond acceptors (Lipinski definition) is 6. The summed E-state index contributed by atoms with van der Waals surface area (Å²) in [4.78, 5) is 15.3. The number of piperazine rings is 1. The maximum Gasteiger partial charge on any atom is 0.291 e. The first-order valence-electron chi connectivity index (χ1n) is 11.8. The summed E-state index contributed by atoms with van der Waals surface area (Å²) in [6.45, 7) is 7.89. The van der Waals surface area contributed by atoms with E-state index in [9.17, 15) is 4.79 Å². The van der Waals surface area contributed by atoms with Crippen LogP contribution in [0.5, 0.6) is 0 Å². The van der Waals surface area contributed by atoms with Crippen molar-refractivity contribution in [2.45, 2.75) is 13.8 Å². The van der Waals surface area contributed by atoms with E-state index in [1.807, 2.05) is 42.6 Å². The Bertz CT molecular complexity index is 1540. The second-order valence-electron chi connectivity index (χ2n) is 8.95. The molecule has 4 heterocycles. The molecule has 1 saturated heterocycles. The Morgan fingerprint density at radius 2 is 1.74 bits per heavy atom. The van der Waals surface area contributed by atoms with Crippen LogP contribution >= 0.6 is 0 Å². The molecule has 5 aromatic rings. The Morgan fingerprint density at radius 1 is 0.971 bits per heavy atom. The molecule has 1 fully saturated rings. The van der Waals surface area contributed by atoms with Gasteiger partial charge in [-0.2, -0.15) is 0 Å². The molecule has 1 aliphatic heterocycles. The fraction of sp³-hybridized carbons (Fsp3) is 0.222. The van der Waals surface area contributed by atoms with Gasteiger partial charge in [0.1, 0.15) is 11.4 Å². The number of carbonyl (C=O) groups excluding carboxylic acids is 1. The van der Waals surface area contributed by atoms with E-state index < -0.39 is 0 Å². The molecule has 3 aromatic heterocycles. The van der Waals surface area contributed by atoms with Crippen LogP contribution in [0.3, 0.4) is 0 Å². The highest BCUT2D eigenvalue weighted by atomic mass is 16.3. The third-order valence-electron chi connectivity index (χ3n) is 6.54. The predicted molar refractivity (Wildman–Crippen MR) is 137 cm³/mol. The highest BCUT2D eigenvalue weighted by Crippen LogP contribution is 2.29. The van der Waals surface area contributed by atoms with Crippen molar-refractivity contribution in [1.82, 2.24) is 19.9 Å². The van der Waals surface area contributed by atoms with Gasteiger partial charge in [-0.05, 0) is 60.9 Å². The summed E-state index contributed by atoms with van der Waals surface area (Å²) < 4.78 is 7.82. The van der Waals surface area contributed by atoms with E-state index >= 15 is 0 Å². The summed E-state index contributed by atoms with van der Waals surface area (Å²) >= 11 is 0. The highest BCUT2D eigenvalue weighted by Gasteiger charge is 2.15. The van der Waals surface area contributed by atoms with Gasteiger partial charge in [0.25, 0.3) is 5.91 Å². The number of fused-ring (bicyclic) bond motifs is 2. The number of anilines is 2. The van der Waals surface area contributed by atoms with Crippen LogP contribution in [0.25, 0.3) is 27.7 Å². The van der Waals surface area contributed by atoms with Crippen molar-refractivity contribution in [3.63, 3.8) is 0 Å². The highest BCUT2D eigenvalue weighted by molar-refractivity contribution is 6.05. The van der Waals surface area contributed by atoms with Gasteiger partial charge >= 0.3 is 0 Å². The van der Waals surface area contributed by atoms with E-state index in [2.05, 4.69) is 56.1 Å². The van der Waals surface area contributed by atoms with E-state index in [1.165, 1.54) is 5.69 Å². The normalized spacial score (nSPS) is 14.1. The summed E-state index contributed by atoms with van der Waals surface area (Å²) in [7, 11) is 0. The van der Waals surface area contributed by atoms with Crippen LogP contribution in [0.15, 0.2) is 65.2 Å². The zero-order chi connectivity index (χ0) is 23.9. The van der Waals surface area contributed by atoms with E-state index in [-0.39, 0.29) is 11.7 Å². The Balaban J connectivity index is 1.23. The molecule has 0 bridgehead atoms. The molecule has 0 atom stereocenters. The molecule has 0 spiro atoms. The molecule has 2 aromatic carbocycles. The number of rotatable bonds is 4. The first kappa shape index (κ1) is 21.4. The Kier molecular flexibility index (Phi) is 5.22. The van der Waals surface area contributed by atoms with Crippen molar-refractivity contribution in [2.75, 3.05) is 36.4 Å². The van der Waals surface area contributed by atoms with Crippen molar-refractivity contribution >= 4 is 33.9 Å². The first-order chi connectivity index (χ1) is 17.0. The molecular weight excluding hydrogens is 440 g/mol. The standard InChI is InChI=1S/C27H26N6O2/c1-17-13-22(16-33-18(2)30-31-26(17)33)29-27(34)25-15-21-4-3-20(14-24(21)35-25)19-5-7-23(8-6-19)32-11-9-28-10-12-32/h3-8,13-16,28H,9-12H2,1-2H3,(H,29,34). The number of nitrogens with one attached hydrogen (secondary N) is 2. The van der Waals surface area contributed by atoms with Crippen molar-refractivity contribution in [2.24, 2.45) is 0 Å². The lowest BCUT2D eigenvalue weighted by Crippen LogP contribution is -2.43. The minimum Gasteiger partial charge on any atom is -0.451 e. The molecule has 1 aliphatic rings. The van der Waals surface area contributed by atoms with Gasteiger partial charge in [-0.15, -0.1) is 10.2 Å². The third kappa shape index (κ3) is 4.02. The fourth-order valence-electron chi connectivity index (χ4n) is 4.64. The summed E-state index contributed by atoms with van der Waals surface area (Å²) in [5, 5.41) is 15.5. The Labute approximate surface area is 202 Å². The maximum atomic E-state index is 12.9. The molecule has 8 nitrogen and oxygen atoms in total. The van der Waals surface area contributed by atoms with Crippen LogP contribution in [0, 0.1) is 13.8 Å². The second-order valence-corrected chi connectivity index (χ2v) is 8.95. The smallest absolute Gasteiger partial charge is 0.291 e. The number of furan rings is 1. The van der Waals surface area contributed by atoms with Crippen LogP contribution in [0.4, 0.5) is 11.4 Å². The lowest BCUT2D eigenvalue weighted by Gasteiger charge is -2.29. The average molecular weight is 467 g/mol. The summed E-state index contributed by atoms with van der Waals surface area (Å²) in [6.07, 6.45) is 1.82.